The fraction of sp³-hybridized carbons (Fsp3) is 0.867. The number of piperidine rings is 1. The molecule has 4 N–H and O–H groups in total. The summed E-state index contributed by atoms with van der Waals surface area (Å²) in [6, 6.07) is 0. The van der Waals surface area contributed by atoms with Crippen LogP contribution in [0.1, 0.15) is 46.0 Å². The number of carbonyl (C=O) groups excluding carboxylic acids is 1. The molecule has 6 nitrogen and oxygen atoms in total. The van der Waals surface area contributed by atoms with Gasteiger partial charge in [0, 0.05) is 6.54 Å². The second kappa shape index (κ2) is 8.22. The number of rotatable bonds is 7. The van der Waals surface area contributed by atoms with Gasteiger partial charge in [-0.1, -0.05) is 19.0 Å². The number of amidine groups is 1. The van der Waals surface area contributed by atoms with E-state index in [0.717, 1.165) is 19.5 Å². The van der Waals surface area contributed by atoms with Crippen LogP contribution in [0.4, 0.5) is 0 Å². The number of nitrogens with two attached hydrogens (primary N) is 1. The standard InChI is InChI=1S/C15H30N4O2/c1-4-15(5-2,13(16)18-21)14(20)17-9-6-12-7-10-19(3)11-8-12/h12,21H,4-11H2,1-3H3,(H2,16,18)(H,17,20). The van der Waals surface area contributed by atoms with E-state index in [-0.39, 0.29) is 11.7 Å². The van der Waals surface area contributed by atoms with E-state index >= 15 is 0 Å². The molecule has 0 aromatic heterocycles. The maximum atomic E-state index is 12.4. The molecular formula is C15H30N4O2. The van der Waals surface area contributed by atoms with Crippen molar-refractivity contribution in [2.24, 2.45) is 22.2 Å². The number of hydrogen-bond acceptors (Lipinski definition) is 4. The zero-order valence-corrected chi connectivity index (χ0v) is 13.6. The van der Waals surface area contributed by atoms with Crippen LogP contribution in [-0.2, 0) is 4.79 Å². The summed E-state index contributed by atoms with van der Waals surface area (Å²) in [5.41, 5.74) is 4.85. The van der Waals surface area contributed by atoms with Crippen LogP contribution in [0.2, 0.25) is 0 Å². The largest absolute Gasteiger partial charge is 0.409 e. The number of likely N-dealkylation sites (tertiary alicyclic amines) is 1. The highest BCUT2D eigenvalue weighted by atomic mass is 16.4. The van der Waals surface area contributed by atoms with Crippen molar-refractivity contribution in [3.63, 3.8) is 0 Å². The lowest BCUT2D eigenvalue weighted by Gasteiger charge is -2.31. The predicted octanol–water partition coefficient (Wildman–Crippen LogP) is 1.39. The van der Waals surface area contributed by atoms with Gasteiger partial charge in [0.25, 0.3) is 0 Å². The van der Waals surface area contributed by atoms with Crippen LogP contribution < -0.4 is 11.1 Å². The molecule has 6 heteroatoms. The van der Waals surface area contributed by atoms with Gasteiger partial charge in [0.1, 0.15) is 5.41 Å². The Morgan fingerprint density at radius 3 is 2.43 bits per heavy atom. The normalized spacial score (nSPS) is 18.7. The van der Waals surface area contributed by atoms with E-state index in [2.05, 4.69) is 22.4 Å². The van der Waals surface area contributed by atoms with Gasteiger partial charge in [0.15, 0.2) is 5.84 Å². The van der Waals surface area contributed by atoms with Crippen LogP contribution in [0.3, 0.4) is 0 Å². The Morgan fingerprint density at radius 1 is 1.38 bits per heavy atom. The molecule has 1 heterocycles. The Morgan fingerprint density at radius 2 is 1.95 bits per heavy atom. The minimum Gasteiger partial charge on any atom is -0.409 e. The number of nitrogens with one attached hydrogen (secondary N) is 1. The molecule has 1 fully saturated rings. The number of hydrogen-bond donors (Lipinski definition) is 3. The SMILES string of the molecule is CCC(CC)(C(=O)NCCC1CCN(C)CC1)C(N)=NO. The lowest BCUT2D eigenvalue weighted by Crippen LogP contribution is -2.49. The quantitative estimate of drug-likeness (QED) is 0.287. The summed E-state index contributed by atoms with van der Waals surface area (Å²) in [7, 11) is 2.14. The zero-order chi connectivity index (χ0) is 15.9. The highest BCUT2D eigenvalue weighted by Gasteiger charge is 2.39. The Labute approximate surface area is 127 Å². The molecule has 21 heavy (non-hydrogen) atoms. The molecule has 0 saturated carbocycles. The van der Waals surface area contributed by atoms with Gasteiger partial charge in [-0.2, -0.15) is 0 Å². The lowest BCUT2D eigenvalue weighted by molar-refractivity contribution is -0.128. The molecule has 0 spiro atoms. The van der Waals surface area contributed by atoms with Crippen molar-refractivity contribution in [1.29, 1.82) is 0 Å². The summed E-state index contributed by atoms with van der Waals surface area (Å²) >= 11 is 0. The topological polar surface area (TPSA) is 91.0 Å². The first-order valence-corrected chi connectivity index (χ1v) is 7.95. The Hall–Kier alpha value is -1.30. The highest BCUT2D eigenvalue weighted by Crippen LogP contribution is 2.27. The maximum Gasteiger partial charge on any atom is 0.233 e. The first-order chi connectivity index (χ1) is 10.00. The van der Waals surface area contributed by atoms with E-state index in [1.54, 1.807) is 0 Å². The number of amides is 1. The average molecular weight is 298 g/mol. The van der Waals surface area contributed by atoms with Crippen molar-refractivity contribution in [2.45, 2.75) is 46.0 Å². The first kappa shape index (κ1) is 17.8. The van der Waals surface area contributed by atoms with Gasteiger partial charge in [-0.05, 0) is 58.2 Å². The summed E-state index contributed by atoms with van der Waals surface area (Å²) in [6.07, 6.45) is 4.44. The van der Waals surface area contributed by atoms with Gasteiger partial charge in [-0.15, -0.1) is 0 Å². The lowest BCUT2D eigenvalue weighted by atomic mass is 9.80. The summed E-state index contributed by atoms with van der Waals surface area (Å²) in [6.45, 7) is 6.71. The summed E-state index contributed by atoms with van der Waals surface area (Å²) in [4.78, 5) is 14.8. The van der Waals surface area contributed by atoms with Crippen LogP contribution >= 0.6 is 0 Å². The minimum absolute atomic E-state index is 0.00397. The van der Waals surface area contributed by atoms with E-state index in [0.29, 0.717) is 25.3 Å². The van der Waals surface area contributed by atoms with Gasteiger partial charge in [0.05, 0.1) is 0 Å². The zero-order valence-electron chi connectivity index (χ0n) is 13.6. The van der Waals surface area contributed by atoms with Crippen molar-refractivity contribution in [2.75, 3.05) is 26.7 Å². The van der Waals surface area contributed by atoms with Gasteiger partial charge in [0.2, 0.25) is 5.91 Å². The van der Waals surface area contributed by atoms with Crippen molar-refractivity contribution in [3.8, 4) is 0 Å². The molecule has 0 unspecified atom stereocenters. The summed E-state index contributed by atoms with van der Waals surface area (Å²) < 4.78 is 0. The monoisotopic (exact) mass is 298 g/mol. The van der Waals surface area contributed by atoms with Crippen LogP contribution in [0, 0.1) is 11.3 Å². The molecule has 122 valence electrons. The molecule has 1 amide bonds. The number of nitrogens with zero attached hydrogens (tertiary/aromatic N) is 2. The summed E-state index contributed by atoms with van der Waals surface area (Å²) in [5.74, 6) is 0.558. The van der Waals surface area contributed by atoms with Crippen molar-refractivity contribution in [3.05, 3.63) is 0 Å². The smallest absolute Gasteiger partial charge is 0.233 e. The maximum absolute atomic E-state index is 12.4. The second-order valence-corrected chi connectivity index (χ2v) is 6.07. The average Bonchev–Trinajstić information content (AvgIpc) is 2.50. The summed E-state index contributed by atoms with van der Waals surface area (Å²) in [5, 5.41) is 14.9. The van der Waals surface area contributed by atoms with E-state index in [1.165, 1.54) is 12.8 Å². The van der Waals surface area contributed by atoms with Gasteiger partial charge in [-0.25, -0.2) is 0 Å². The highest BCUT2D eigenvalue weighted by molar-refractivity contribution is 6.06. The Bertz CT molecular complexity index is 359. The van der Waals surface area contributed by atoms with Gasteiger partial charge in [-0.3, -0.25) is 4.79 Å². The molecule has 0 aromatic carbocycles. The molecule has 1 saturated heterocycles. The van der Waals surface area contributed by atoms with Crippen LogP contribution in [0.25, 0.3) is 0 Å². The number of carbonyl (C=O) groups is 1. The Kier molecular flexibility index (Phi) is 6.95. The molecular weight excluding hydrogens is 268 g/mol. The molecule has 0 radical (unpaired) electrons. The molecule has 1 aliphatic rings. The van der Waals surface area contributed by atoms with E-state index in [9.17, 15) is 4.79 Å². The Balaban J connectivity index is 2.48. The fourth-order valence-electron chi connectivity index (χ4n) is 3.06. The van der Waals surface area contributed by atoms with Crippen molar-refractivity contribution < 1.29 is 10.0 Å². The molecule has 0 aliphatic carbocycles. The molecule has 0 aromatic rings. The second-order valence-electron chi connectivity index (χ2n) is 6.07. The van der Waals surface area contributed by atoms with Crippen LogP contribution in [0.15, 0.2) is 5.16 Å². The minimum atomic E-state index is -0.887. The molecule has 0 bridgehead atoms. The third-order valence-electron chi connectivity index (χ3n) is 4.92. The number of oxime groups is 1. The third-order valence-corrected chi connectivity index (χ3v) is 4.92. The molecule has 1 aliphatic heterocycles. The van der Waals surface area contributed by atoms with Crippen molar-refractivity contribution >= 4 is 11.7 Å². The third kappa shape index (κ3) is 4.33. The van der Waals surface area contributed by atoms with Crippen molar-refractivity contribution in [1.82, 2.24) is 10.2 Å². The fourth-order valence-corrected chi connectivity index (χ4v) is 3.06. The van der Waals surface area contributed by atoms with Crippen LogP contribution in [-0.4, -0.2) is 48.5 Å². The van der Waals surface area contributed by atoms with E-state index in [4.69, 9.17) is 10.9 Å². The first-order valence-electron chi connectivity index (χ1n) is 7.95. The predicted molar refractivity (Wildman–Crippen MR) is 84.3 cm³/mol. The molecule has 0 atom stereocenters. The van der Waals surface area contributed by atoms with E-state index < -0.39 is 5.41 Å². The van der Waals surface area contributed by atoms with Gasteiger partial charge >= 0.3 is 0 Å². The molecule has 1 rings (SSSR count). The van der Waals surface area contributed by atoms with E-state index in [1.807, 2.05) is 13.8 Å². The van der Waals surface area contributed by atoms with Gasteiger partial charge < -0.3 is 21.2 Å². The van der Waals surface area contributed by atoms with Crippen LogP contribution in [0.5, 0.6) is 0 Å².